The molecule has 1 atom stereocenters. The van der Waals surface area contributed by atoms with Crippen LogP contribution in [0.15, 0.2) is 82.3 Å². The van der Waals surface area contributed by atoms with Crippen molar-refractivity contribution >= 4 is 15.9 Å². The molecule has 7 heteroatoms. The van der Waals surface area contributed by atoms with Gasteiger partial charge in [-0.2, -0.15) is 4.31 Å². The number of piperidine rings is 1. The Bertz CT molecular complexity index is 1140. The maximum atomic E-state index is 13.5. The zero-order chi connectivity index (χ0) is 22.6. The van der Waals surface area contributed by atoms with Crippen LogP contribution in [0.4, 0.5) is 0 Å². The highest BCUT2D eigenvalue weighted by atomic mass is 32.2. The van der Waals surface area contributed by atoms with Crippen LogP contribution in [0.1, 0.15) is 47.9 Å². The summed E-state index contributed by atoms with van der Waals surface area (Å²) in [5.74, 6) is 0.425. The summed E-state index contributed by atoms with van der Waals surface area (Å²) in [4.78, 5) is 15.3. The maximum Gasteiger partial charge on any atom is 0.254 e. The second-order valence-corrected chi connectivity index (χ2v) is 10.1. The number of hydrogen-bond acceptors (Lipinski definition) is 4. The largest absolute Gasteiger partial charge is 0.467 e. The minimum Gasteiger partial charge on any atom is -0.467 e. The number of benzene rings is 2. The van der Waals surface area contributed by atoms with Crippen LogP contribution in [-0.4, -0.2) is 36.1 Å². The predicted octanol–water partition coefficient (Wildman–Crippen LogP) is 4.69. The molecule has 32 heavy (non-hydrogen) atoms. The molecule has 1 saturated heterocycles. The number of amides is 1. The lowest BCUT2D eigenvalue weighted by Crippen LogP contribution is -2.42. The maximum absolute atomic E-state index is 13.5. The summed E-state index contributed by atoms with van der Waals surface area (Å²) in [7, 11) is -3.66. The average Bonchev–Trinajstić information content (AvgIpc) is 3.32. The molecule has 0 bridgehead atoms. The number of sulfonamides is 1. The highest BCUT2D eigenvalue weighted by Crippen LogP contribution is 2.26. The molecule has 2 aromatic carbocycles. The lowest BCUT2D eigenvalue weighted by molar-refractivity contribution is 0.0717. The Labute approximate surface area is 189 Å². The Hall–Kier alpha value is -2.90. The van der Waals surface area contributed by atoms with Gasteiger partial charge in [-0.25, -0.2) is 8.42 Å². The van der Waals surface area contributed by atoms with Crippen LogP contribution >= 0.6 is 0 Å². The van der Waals surface area contributed by atoms with Crippen molar-refractivity contribution in [3.05, 3.63) is 89.9 Å². The summed E-state index contributed by atoms with van der Waals surface area (Å²) < 4.78 is 33.6. The van der Waals surface area contributed by atoms with E-state index in [-0.39, 0.29) is 16.8 Å². The Morgan fingerprint density at radius 2 is 1.84 bits per heavy atom. The number of nitrogens with zero attached hydrogens (tertiary/aromatic N) is 2. The molecular formula is C25H28N2O4S. The van der Waals surface area contributed by atoms with Gasteiger partial charge in [0.25, 0.3) is 5.91 Å². The second-order valence-electron chi connectivity index (χ2n) is 8.21. The minimum atomic E-state index is -3.66. The van der Waals surface area contributed by atoms with Gasteiger partial charge < -0.3 is 9.32 Å². The van der Waals surface area contributed by atoms with Crippen LogP contribution in [0.3, 0.4) is 0 Å². The van der Waals surface area contributed by atoms with Gasteiger partial charge in [-0.1, -0.05) is 42.8 Å². The standard InChI is InChI=1S/C25H28N2O4S/c1-20-9-5-6-15-27(20)32(29,30)24-14-7-12-22(17-24)25(28)26(19-23-13-8-16-31-23)18-21-10-3-2-4-11-21/h2-4,7-8,10-14,16-17,20H,5-6,9,15,18-19H2,1H3. The summed E-state index contributed by atoms with van der Waals surface area (Å²) >= 11 is 0. The molecule has 0 saturated carbocycles. The van der Waals surface area contributed by atoms with E-state index in [0.717, 1.165) is 24.8 Å². The van der Waals surface area contributed by atoms with Crippen molar-refractivity contribution in [2.24, 2.45) is 0 Å². The second kappa shape index (κ2) is 9.71. The lowest BCUT2D eigenvalue weighted by Gasteiger charge is -2.32. The Balaban J connectivity index is 1.62. The van der Waals surface area contributed by atoms with Crippen LogP contribution in [0.2, 0.25) is 0 Å². The fourth-order valence-electron chi connectivity index (χ4n) is 4.13. The lowest BCUT2D eigenvalue weighted by atomic mass is 10.1. The zero-order valence-electron chi connectivity index (χ0n) is 18.2. The van der Waals surface area contributed by atoms with Crippen molar-refractivity contribution < 1.29 is 17.6 Å². The monoisotopic (exact) mass is 452 g/mol. The molecule has 1 aliphatic rings. The summed E-state index contributed by atoms with van der Waals surface area (Å²) in [6.45, 7) is 3.14. The predicted molar refractivity (Wildman–Crippen MR) is 122 cm³/mol. The SMILES string of the molecule is CC1CCCCN1S(=O)(=O)c1cccc(C(=O)N(Cc2ccccc2)Cc2ccco2)c1. The summed E-state index contributed by atoms with van der Waals surface area (Å²) in [6, 6.07) is 19.7. The van der Waals surface area contributed by atoms with E-state index >= 15 is 0 Å². The molecule has 0 aliphatic carbocycles. The molecule has 1 aliphatic heterocycles. The minimum absolute atomic E-state index is 0.0401. The first-order valence-corrected chi connectivity index (χ1v) is 12.4. The Morgan fingerprint density at radius 3 is 2.56 bits per heavy atom. The average molecular weight is 453 g/mol. The van der Waals surface area contributed by atoms with E-state index < -0.39 is 10.0 Å². The summed E-state index contributed by atoms with van der Waals surface area (Å²) in [6.07, 6.45) is 4.32. The van der Waals surface area contributed by atoms with Crippen molar-refractivity contribution in [1.29, 1.82) is 0 Å². The molecule has 1 fully saturated rings. The smallest absolute Gasteiger partial charge is 0.254 e. The van der Waals surface area contributed by atoms with Crippen LogP contribution in [0, 0.1) is 0 Å². The third-order valence-corrected chi connectivity index (χ3v) is 7.87. The molecule has 1 unspecified atom stereocenters. The van der Waals surface area contributed by atoms with E-state index in [1.54, 1.807) is 39.7 Å². The van der Waals surface area contributed by atoms with E-state index in [2.05, 4.69) is 0 Å². The number of carbonyl (C=O) groups is 1. The van der Waals surface area contributed by atoms with Crippen LogP contribution in [0.5, 0.6) is 0 Å². The highest BCUT2D eigenvalue weighted by Gasteiger charge is 2.31. The van der Waals surface area contributed by atoms with Crippen molar-refractivity contribution in [1.82, 2.24) is 9.21 Å². The zero-order valence-corrected chi connectivity index (χ0v) is 19.0. The molecule has 1 amide bonds. The van der Waals surface area contributed by atoms with Crippen LogP contribution in [-0.2, 0) is 23.1 Å². The van der Waals surface area contributed by atoms with Gasteiger partial charge in [0.2, 0.25) is 10.0 Å². The molecule has 2 heterocycles. The molecule has 4 rings (SSSR count). The quantitative estimate of drug-likeness (QED) is 0.522. The first kappa shape index (κ1) is 22.3. The molecule has 3 aromatic rings. The highest BCUT2D eigenvalue weighted by molar-refractivity contribution is 7.89. The third kappa shape index (κ3) is 4.95. The first-order valence-electron chi connectivity index (χ1n) is 10.9. The molecule has 0 spiro atoms. The van der Waals surface area contributed by atoms with Gasteiger partial charge in [-0.3, -0.25) is 4.79 Å². The van der Waals surface area contributed by atoms with E-state index in [1.165, 1.54) is 6.07 Å². The fourth-order valence-corrected chi connectivity index (χ4v) is 5.88. The Kier molecular flexibility index (Phi) is 6.77. The van der Waals surface area contributed by atoms with Crippen LogP contribution < -0.4 is 0 Å². The van der Waals surface area contributed by atoms with Crippen LogP contribution in [0.25, 0.3) is 0 Å². The van der Waals surface area contributed by atoms with Gasteiger partial charge in [0, 0.05) is 24.7 Å². The van der Waals surface area contributed by atoms with Gasteiger partial charge >= 0.3 is 0 Å². The van der Waals surface area contributed by atoms with Gasteiger partial charge in [-0.05, 0) is 55.7 Å². The van der Waals surface area contributed by atoms with Gasteiger partial charge in [0.05, 0.1) is 17.7 Å². The molecule has 0 radical (unpaired) electrons. The number of carbonyl (C=O) groups excluding carboxylic acids is 1. The van der Waals surface area contributed by atoms with E-state index in [4.69, 9.17) is 4.42 Å². The molecule has 0 N–H and O–H groups in total. The van der Waals surface area contributed by atoms with Crippen molar-refractivity contribution in [3.63, 3.8) is 0 Å². The molecular weight excluding hydrogens is 424 g/mol. The summed E-state index contributed by atoms with van der Waals surface area (Å²) in [5.41, 5.74) is 1.33. The molecule has 168 valence electrons. The van der Waals surface area contributed by atoms with Gasteiger partial charge in [0.1, 0.15) is 5.76 Å². The fraction of sp³-hybridized carbons (Fsp3) is 0.320. The Morgan fingerprint density at radius 1 is 1.03 bits per heavy atom. The first-order chi connectivity index (χ1) is 15.4. The number of hydrogen-bond donors (Lipinski definition) is 0. The van der Waals surface area contributed by atoms with Crippen molar-refractivity contribution in [3.8, 4) is 0 Å². The van der Waals surface area contributed by atoms with Crippen molar-refractivity contribution in [2.45, 2.75) is 50.2 Å². The topological polar surface area (TPSA) is 70.8 Å². The van der Waals surface area contributed by atoms with E-state index in [9.17, 15) is 13.2 Å². The van der Waals surface area contributed by atoms with E-state index in [1.807, 2.05) is 43.3 Å². The van der Waals surface area contributed by atoms with E-state index in [0.29, 0.717) is 31.0 Å². The van der Waals surface area contributed by atoms with Gasteiger partial charge in [-0.15, -0.1) is 0 Å². The normalized spacial score (nSPS) is 17.2. The van der Waals surface area contributed by atoms with Gasteiger partial charge in [0.15, 0.2) is 0 Å². The number of rotatable bonds is 7. The molecule has 6 nitrogen and oxygen atoms in total. The molecule has 1 aromatic heterocycles. The number of furan rings is 1. The third-order valence-electron chi connectivity index (χ3n) is 5.86. The van der Waals surface area contributed by atoms with Crippen molar-refractivity contribution in [2.75, 3.05) is 6.54 Å². The summed E-state index contributed by atoms with van der Waals surface area (Å²) in [5, 5.41) is 0.